The summed E-state index contributed by atoms with van der Waals surface area (Å²) in [6.07, 6.45) is 3.68. The first kappa shape index (κ1) is 16.2. The lowest BCUT2D eigenvalue weighted by atomic mass is 10.1. The van der Waals surface area contributed by atoms with Crippen LogP contribution in [0.4, 0.5) is 0 Å². The fourth-order valence-corrected chi connectivity index (χ4v) is 2.47. The Morgan fingerprint density at radius 3 is 2.14 bits per heavy atom. The molecule has 0 bridgehead atoms. The maximum Gasteiger partial charge on any atom is 0.166 e. The molecule has 22 heavy (non-hydrogen) atoms. The highest BCUT2D eigenvalue weighted by Crippen LogP contribution is 2.36. The predicted molar refractivity (Wildman–Crippen MR) is 90.8 cm³/mol. The van der Waals surface area contributed by atoms with E-state index in [1.807, 2.05) is 36.4 Å². The van der Waals surface area contributed by atoms with E-state index in [1.54, 1.807) is 20.3 Å². The summed E-state index contributed by atoms with van der Waals surface area (Å²) < 4.78 is 16.4. The summed E-state index contributed by atoms with van der Waals surface area (Å²) in [7, 11) is 4.71. The monoisotopic (exact) mass is 364 g/mol. The zero-order valence-electron chi connectivity index (χ0n) is 12.6. The first-order valence-corrected chi connectivity index (χ1v) is 7.35. The number of aromatic hydroxyl groups is 1. The van der Waals surface area contributed by atoms with Crippen LogP contribution < -0.4 is 14.2 Å². The van der Waals surface area contributed by atoms with Crippen molar-refractivity contribution in [2.45, 2.75) is 0 Å². The van der Waals surface area contributed by atoms with Crippen molar-refractivity contribution in [1.82, 2.24) is 0 Å². The van der Waals surface area contributed by atoms with Gasteiger partial charge in [0, 0.05) is 10.0 Å². The average molecular weight is 365 g/mol. The summed E-state index contributed by atoms with van der Waals surface area (Å²) in [4.78, 5) is 0. The Balaban J connectivity index is 2.37. The standard InChI is InChI=1S/C17H17BrO4/c1-20-14-8-5-11(10-16(14)22-3)4-6-12-13(18)7-9-15(21-2)17(12)19/h4-10,19H,1-3H3. The molecule has 0 aliphatic rings. The van der Waals surface area contributed by atoms with Crippen LogP contribution in [-0.4, -0.2) is 26.4 Å². The van der Waals surface area contributed by atoms with Gasteiger partial charge in [-0.2, -0.15) is 0 Å². The van der Waals surface area contributed by atoms with Crippen LogP contribution in [0.25, 0.3) is 12.2 Å². The molecule has 2 aromatic rings. The molecule has 4 nitrogen and oxygen atoms in total. The zero-order valence-corrected chi connectivity index (χ0v) is 14.2. The van der Waals surface area contributed by atoms with E-state index < -0.39 is 0 Å². The van der Waals surface area contributed by atoms with Gasteiger partial charge in [-0.25, -0.2) is 0 Å². The van der Waals surface area contributed by atoms with Crippen LogP contribution in [0.5, 0.6) is 23.0 Å². The van der Waals surface area contributed by atoms with E-state index in [4.69, 9.17) is 14.2 Å². The van der Waals surface area contributed by atoms with E-state index in [0.29, 0.717) is 22.8 Å². The minimum absolute atomic E-state index is 0.0913. The summed E-state index contributed by atoms with van der Waals surface area (Å²) in [6, 6.07) is 9.13. The molecule has 1 N–H and O–H groups in total. The Morgan fingerprint density at radius 1 is 0.864 bits per heavy atom. The van der Waals surface area contributed by atoms with Gasteiger partial charge in [0.05, 0.1) is 21.3 Å². The Bertz CT molecular complexity index is 695. The van der Waals surface area contributed by atoms with Gasteiger partial charge >= 0.3 is 0 Å². The molecule has 0 saturated carbocycles. The third-order valence-corrected chi connectivity index (χ3v) is 3.89. The van der Waals surface area contributed by atoms with Gasteiger partial charge in [0.1, 0.15) is 0 Å². The number of phenols is 1. The van der Waals surface area contributed by atoms with E-state index in [9.17, 15) is 5.11 Å². The van der Waals surface area contributed by atoms with Crippen LogP contribution in [0.15, 0.2) is 34.8 Å². The first-order valence-electron chi connectivity index (χ1n) is 6.56. The molecule has 0 spiro atoms. The van der Waals surface area contributed by atoms with Crippen LogP contribution >= 0.6 is 15.9 Å². The number of hydrogen-bond acceptors (Lipinski definition) is 4. The molecular formula is C17H17BrO4. The van der Waals surface area contributed by atoms with Crippen molar-refractivity contribution in [2.75, 3.05) is 21.3 Å². The number of methoxy groups -OCH3 is 3. The molecule has 0 aliphatic heterocycles. The topological polar surface area (TPSA) is 47.9 Å². The molecule has 0 amide bonds. The smallest absolute Gasteiger partial charge is 0.166 e. The lowest BCUT2D eigenvalue weighted by molar-refractivity contribution is 0.355. The fraction of sp³-hybridized carbons (Fsp3) is 0.176. The van der Waals surface area contributed by atoms with Crippen molar-refractivity contribution in [3.8, 4) is 23.0 Å². The molecule has 0 unspecified atom stereocenters. The quantitative estimate of drug-likeness (QED) is 0.801. The van der Waals surface area contributed by atoms with Gasteiger partial charge in [0.25, 0.3) is 0 Å². The number of phenolic OH excluding ortho intramolecular Hbond substituents is 1. The highest BCUT2D eigenvalue weighted by molar-refractivity contribution is 9.10. The predicted octanol–water partition coefficient (Wildman–Crippen LogP) is 4.35. The molecule has 0 fully saturated rings. The third-order valence-electron chi connectivity index (χ3n) is 3.20. The van der Waals surface area contributed by atoms with Gasteiger partial charge in [-0.05, 0) is 35.9 Å². The Kier molecular flexibility index (Phi) is 5.33. The molecule has 0 aromatic heterocycles. The molecule has 116 valence electrons. The van der Waals surface area contributed by atoms with Crippen molar-refractivity contribution in [3.63, 3.8) is 0 Å². The van der Waals surface area contributed by atoms with E-state index in [-0.39, 0.29) is 5.75 Å². The maximum atomic E-state index is 10.2. The second-order valence-electron chi connectivity index (χ2n) is 4.46. The maximum absolute atomic E-state index is 10.2. The molecule has 2 rings (SSSR count). The molecule has 0 heterocycles. The normalized spacial score (nSPS) is 10.7. The van der Waals surface area contributed by atoms with Gasteiger partial charge in [0.2, 0.25) is 0 Å². The summed E-state index contributed by atoms with van der Waals surface area (Å²) in [5.41, 5.74) is 1.57. The number of rotatable bonds is 5. The largest absolute Gasteiger partial charge is 0.504 e. The zero-order chi connectivity index (χ0) is 16.1. The summed E-state index contributed by atoms with van der Waals surface area (Å²) >= 11 is 3.42. The third kappa shape index (κ3) is 3.36. The van der Waals surface area contributed by atoms with Crippen LogP contribution in [0.2, 0.25) is 0 Å². The number of halogens is 1. The van der Waals surface area contributed by atoms with E-state index in [0.717, 1.165) is 10.0 Å². The van der Waals surface area contributed by atoms with Gasteiger partial charge in [-0.3, -0.25) is 0 Å². The Labute approximate surface area is 138 Å². The number of ether oxygens (including phenoxy) is 3. The van der Waals surface area contributed by atoms with Crippen LogP contribution in [0.1, 0.15) is 11.1 Å². The van der Waals surface area contributed by atoms with Crippen LogP contribution in [0.3, 0.4) is 0 Å². The second kappa shape index (κ2) is 7.22. The van der Waals surface area contributed by atoms with E-state index in [1.165, 1.54) is 7.11 Å². The summed E-state index contributed by atoms with van der Waals surface area (Å²) in [5.74, 6) is 1.84. The van der Waals surface area contributed by atoms with Gasteiger partial charge in [-0.1, -0.05) is 28.1 Å². The lowest BCUT2D eigenvalue weighted by Gasteiger charge is -2.09. The van der Waals surface area contributed by atoms with Crippen molar-refractivity contribution >= 4 is 28.1 Å². The van der Waals surface area contributed by atoms with Crippen molar-refractivity contribution in [1.29, 1.82) is 0 Å². The lowest BCUT2D eigenvalue weighted by Crippen LogP contribution is -1.90. The summed E-state index contributed by atoms with van der Waals surface area (Å²) in [6.45, 7) is 0. The van der Waals surface area contributed by atoms with Crippen LogP contribution in [-0.2, 0) is 0 Å². The summed E-state index contributed by atoms with van der Waals surface area (Å²) in [5, 5.41) is 10.2. The van der Waals surface area contributed by atoms with Gasteiger partial charge in [0.15, 0.2) is 23.0 Å². The number of benzene rings is 2. The Hall–Kier alpha value is -2.14. The first-order chi connectivity index (χ1) is 10.6. The number of hydrogen-bond donors (Lipinski definition) is 1. The molecule has 0 aliphatic carbocycles. The fourth-order valence-electron chi connectivity index (χ4n) is 2.02. The molecule has 0 saturated heterocycles. The molecule has 0 radical (unpaired) electrons. The SMILES string of the molecule is COc1ccc(C=Cc2c(Br)ccc(OC)c2O)cc1OC. The molecule has 5 heteroatoms. The molecule has 2 aromatic carbocycles. The minimum Gasteiger partial charge on any atom is -0.504 e. The highest BCUT2D eigenvalue weighted by atomic mass is 79.9. The van der Waals surface area contributed by atoms with Crippen molar-refractivity contribution in [3.05, 3.63) is 45.9 Å². The second-order valence-corrected chi connectivity index (χ2v) is 5.31. The van der Waals surface area contributed by atoms with E-state index >= 15 is 0 Å². The van der Waals surface area contributed by atoms with Crippen molar-refractivity contribution in [2.24, 2.45) is 0 Å². The Morgan fingerprint density at radius 2 is 1.50 bits per heavy atom. The van der Waals surface area contributed by atoms with Crippen LogP contribution in [0, 0.1) is 0 Å². The molecular weight excluding hydrogens is 348 g/mol. The van der Waals surface area contributed by atoms with Crippen molar-refractivity contribution < 1.29 is 19.3 Å². The minimum atomic E-state index is 0.0913. The average Bonchev–Trinajstić information content (AvgIpc) is 2.54. The molecule has 0 atom stereocenters. The van der Waals surface area contributed by atoms with E-state index in [2.05, 4.69) is 15.9 Å². The highest BCUT2D eigenvalue weighted by Gasteiger charge is 2.09. The van der Waals surface area contributed by atoms with Gasteiger partial charge in [-0.15, -0.1) is 0 Å². The van der Waals surface area contributed by atoms with Gasteiger partial charge < -0.3 is 19.3 Å².